The van der Waals surface area contributed by atoms with Crippen LogP contribution in [0.2, 0.25) is 0 Å². The maximum absolute atomic E-state index is 3.85. The average Bonchev–Trinajstić information content (AvgIpc) is 2.78. The second kappa shape index (κ2) is 6.17. The predicted octanol–water partition coefficient (Wildman–Crippen LogP) is 6.14. The molecule has 3 heteroatoms. The van der Waals surface area contributed by atoms with Crippen LogP contribution >= 0.6 is 43.2 Å². The molecule has 2 unspecified atom stereocenters. The molecule has 0 fully saturated rings. The Labute approximate surface area is 123 Å². The Morgan fingerprint density at radius 2 is 1.82 bits per heavy atom. The molecule has 0 saturated heterocycles. The van der Waals surface area contributed by atoms with Crippen molar-refractivity contribution in [1.82, 2.24) is 0 Å². The Bertz CT molecular complexity index is 464. The highest BCUT2D eigenvalue weighted by Crippen LogP contribution is 2.43. The largest absolute Gasteiger partial charge is 0.132 e. The van der Waals surface area contributed by atoms with Crippen LogP contribution in [0.5, 0.6) is 0 Å². The molecule has 0 amide bonds. The molecule has 2 atom stereocenters. The summed E-state index contributed by atoms with van der Waals surface area (Å²) in [5.41, 5.74) is 1.40. The van der Waals surface area contributed by atoms with Crippen LogP contribution in [-0.4, -0.2) is 0 Å². The molecule has 1 heterocycles. The first-order chi connectivity index (χ1) is 8.22. The van der Waals surface area contributed by atoms with E-state index in [1.54, 1.807) is 11.3 Å². The monoisotopic (exact) mass is 372 g/mol. The summed E-state index contributed by atoms with van der Waals surface area (Å²) in [7, 11) is 0. The molecule has 0 bridgehead atoms. The fourth-order valence-electron chi connectivity index (χ4n) is 1.99. The van der Waals surface area contributed by atoms with E-state index >= 15 is 0 Å². The van der Waals surface area contributed by atoms with E-state index in [2.05, 4.69) is 81.2 Å². The number of halogens is 2. The molecule has 0 nitrogen and oxygen atoms in total. The second-order valence-electron chi connectivity index (χ2n) is 3.97. The molecule has 0 aliphatic rings. The lowest BCUT2D eigenvalue weighted by atomic mass is 9.92. The van der Waals surface area contributed by atoms with Crippen molar-refractivity contribution in [2.75, 3.05) is 0 Å². The molecule has 17 heavy (non-hydrogen) atoms. The van der Waals surface area contributed by atoms with E-state index in [0.717, 1.165) is 6.42 Å². The first-order valence-electron chi connectivity index (χ1n) is 5.66. The fraction of sp³-hybridized carbons (Fsp3) is 0.286. The van der Waals surface area contributed by atoms with Crippen molar-refractivity contribution in [3.05, 3.63) is 56.7 Å². The minimum Gasteiger partial charge on any atom is -0.132 e. The van der Waals surface area contributed by atoms with Gasteiger partial charge in [0.1, 0.15) is 0 Å². The van der Waals surface area contributed by atoms with Gasteiger partial charge in [-0.2, -0.15) is 0 Å². The molecule has 1 aromatic carbocycles. The van der Waals surface area contributed by atoms with Gasteiger partial charge in [-0.1, -0.05) is 53.2 Å². The average molecular weight is 374 g/mol. The Morgan fingerprint density at radius 1 is 1.12 bits per heavy atom. The Morgan fingerprint density at radius 3 is 2.35 bits per heavy atom. The number of thiophene rings is 1. The SMILES string of the molecule is CCC(c1ccccc1)C(Br)c1ccc(Br)s1. The van der Waals surface area contributed by atoms with Gasteiger partial charge in [0, 0.05) is 10.8 Å². The Kier molecular flexibility index (Phi) is 4.83. The minimum absolute atomic E-state index is 0.395. The quantitative estimate of drug-likeness (QED) is 0.564. The van der Waals surface area contributed by atoms with Gasteiger partial charge in [-0.05, 0) is 40.0 Å². The highest BCUT2D eigenvalue weighted by Gasteiger charge is 2.21. The molecule has 0 N–H and O–H groups in total. The molecular weight excluding hydrogens is 360 g/mol. The van der Waals surface area contributed by atoms with Gasteiger partial charge in [-0.25, -0.2) is 0 Å². The summed E-state index contributed by atoms with van der Waals surface area (Å²) < 4.78 is 1.19. The summed E-state index contributed by atoms with van der Waals surface area (Å²) in [6.07, 6.45) is 1.13. The Hall–Kier alpha value is -0.120. The van der Waals surface area contributed by atoms with Crippen LogP contribution < -0.4 is 0 Å². The van der Waals surface area contributed by atoms with Crippen LogP contribution in [0.1, 0.15) is 34.5 Å². The molecule has 2 aromatic rings. The van der Waals surface area contributed by atoms with Gasteiger partial charge in [-0.15, -0.1) is 11.3 Å². The lowest BCUT2D eigenvalue weighted by Gasteiger charge is -2.20. The van der Waals surface area contributed by atoms with E-state index < -0.39 is 0 Å². The Balaban J connectivity index is 2.25. The summed E-state index contributed by atoms with van der Waals surface area (Å²) in [5.74, 6) is 0.529. The third-order valence-corrected chi connectivity index (χ3v) is 6.03. The zero-order valence-corrected chi connectivity index (χ0v) is 13.6. The van der Waals surface area contributed by atoms with Crippen molar-refractivity contribution in [2.24, 2.45) is 0 Å². The van der Waals surface area contributed by atoms with Crippen LogP contribution in [0, 0.1) is 0 Å². The fourth-order valence-corrected chi connectivity index (χ4v) is 4.57. The molecule has 1 aromatic heterocycles. The van der Waals surface area contributed by atoms with Crippen LogP contribution in [0.25, 0.3) is 0 Å². The summed E-state index contributed by atoms with van der Waals surface area (Å²) in [6.45, 7) is 2.24. The first-order valence-corrected chi connectivity index (χ1v) is 8.19. The highest BCUT2D eigenvalue weighted by molar-refractivity contribution is 9.11. The van der Waals surface area contributed by atoms with Crippen molar-refractivity contribution in [3.63, 3.8) is 0 Å². The van der Waals surface area contributed by atoms with Crippen molar-refractivity contribution in [3.8, 4) is 0 Å². The zero-order chi connectivity index (χ0) is 12.3. The molecule has 90 valence electrons. The zero-order valence-electron chi connectivity index (χ0n) is 9.57. The van der Waals surface area contributed by atoms with Gasteiger partial charge >= 0.3 is 0 Å². The smallest absolute Gasteiger partial charge is 0.0701 e. The summed E-state index contributed by atoms with van der Waals surface area (Å²) in [5, 5.41) is 0. The maximum atomic E-state index is 3.85. The van der Waals surface area contributed by atoms with E-state index in [0.29, 0.717) is 10.7 Å². The normalized spacial score (nSPS) is 14.5. The summed E-state index contributed by atoms with van der Waals surface area (Å²) >= 11 is 9.18. The predicted molar refractivity (Wildman–Crippen MR) is 83.2 cm³/mol. The molecule has 0 aliphatic heterocycles. The lowest BCUT2D eigenvalue weighted by Crippen LogP contribution is -2.03. The summed E-state index contributed by atoms with van der Waals surface area (Å²) in [4.78, 5) is 1.78. The molecule has 0 aliphatic carbocycles. The van der Waals surface area contributed by atoms with Gasteiger partial charge in [0.05, 0.1) is 8.61 Å². The first kappa shape index (κ1) is 13.3. The van der Waals surface area contributed by atoms with Gasteiger partial charge in [0.25, 0.3) is 0 Å². The van der Waals surface area contributed by atoms with E-state index in [9.17, 15) is 0 Å². The number of alkyl halides is 1. The second-order valence-corrected chi connectivity index (χ2v) is 7.45. The van der Waals surface area contributed by atoms with Gasteiger partial charge in [0.15, 0.2) is 0 Å². The van der Waals surface area contributed by atoms with Crippen LogP contribution in [0.15, 0.2) is 46.3 Å². The lowest BCUT2D eigenvalue weighted by molar-refractivity contribution is 0.661. The summed E-state index contributed by atoms with van der Waals surface area (Å²) in [6, 6.07) is 15.0. The molecule has 2 rings (SSSR count). The minimum atomic E-state index is 0.395. The maximum Gasteiger partial charge on any atom is 0.0701 e. The van der Waals surface area contributed by atoms with E-state index in [-0.39, 0.29) is 0 Å². The van der Waals surface area contributed by atoms with Crippen LogP contribution in [0.4, 0.5) is 0 Å². The van der Waals surface area contributed by atoms with Crippen molar-refractivity contribution >= 4 is 43.2 Å². The number of hydrogen-bond acceptors (Lipinski definition) is 1. The van der Waals surface area contributed by atoms with Crippen molar-refractivity contribution < 1.29 is 0 Å². The van der Waals surface area contributed by atoms with E-state index in [1.165, 1.54) is 14.2 Å². The topological polar surface area (TPSA) is 0 Å². The third kappa shape index (κ3) is 3.21. The number of rotatable bonds is 4. The van der Waals surface area contributed by atoms with Gasteiger partial charge in [0.2, 0.25) is 0 Å². The van der Waals surface area contributed by atoms with Crippen LogP contribution in [-0.2, 0) is 0 Å². The molecule has 0 spiro atoms. The van der Waals surface area contributed by atoms with Crippen molar-refractivity contribution in [2.45, 2.75) is 24.1 Å². The van der Waals surface area contributed by atoms with Crippen LogP contribution in [0.3, 0.4) is 0 Å². The highest BCUT2D eigenvalue weighted by atomic mass is 79.9. The third-order valence-electron chi connectivity index (χ3n) is 2.89. The number of benzene rings is 1. The standard InChI is InChI=1S/C14H14Br2S/c1-2-11(10-6-4-3-5-7-10)14(16)12-8-9-13(15)17-12/h3-9,11,14H,2H2,1H3. The van der Waals surface area contributed by atoms with Gasteiger partial charge < -0.3 is 0 Å². The van der Waals surface area contributed by atoms with Crippen molar-refractivity contribution in [1.29, 1.82) is 0 Å². The van der Waals surface area contributed by atoms with E-state index in [4.69, 9.17) is 0 Å². The molecular formula is C14H14Br2S. The molecule has 0 saturated carbocycles. The number of hydrogen-bond donors (Lipinski definition) is 0. The van der Waals surface area contributed by atoms with Gasteiger partial charge in [-0.3, -0.25) is 0 Å². The van der Waals surface area contributed by atoms with E-state index in [1.807, 2.05) is 0 Å². The molecule has 0 radical (unpaired) electrons.